The first-order valence-electron chi connectivity index (χ1n) is 8.72. The summed E-state index contributed by atoms with van der Waals surface area (Å²) in [5, 5.41) is 0. The smallest absolute Gasteiger partial charge is 0.225 e. The normalized spacial score (nSPS) is 18.1. The van der Waals surface area contributed by atoms with Crippen LogP contribution in [-0.2, 0) is 0 Å². The third-order valence-corrected chi connectivity index (χ3v) is 4.98. The van der Waals surface area contributed by atoms with Crippen LogP contribution in [0.1, 0.15) is 24.5 Å². The molecule has 0 amide bonds. The van der Waals surface area contributed by atoms with E-state index in [0.29, 0.717) is 11.9 Å². The number of fused-ring (bicyclic) bond motifs is 1. The lowest BCUT2D eigenvalue weighted by molar-refractivity contribution is 0.602. The standard InChI is InChI=1S/C18H19FN6/c19-14-9-20-18(21-10-14)24-7-5-23(6-8-24)15-3-4-17-22-16(13-1-2-13)12-25(17)11-15/h3-4,9-13H,1-2,5-8H2. The summed E-state index contributed by atoms with van der Waals surface area (Å²) in [6, 6.07) is 4.24. The molecule has 6 nitrogen and oxygen atoms in total. The van der Waals surface area contributed by atoms with Gasteiger partial charge in [-0.25, -0.2) is 19.3 Å². The van der Waals surface area contributed by atoms with Crippen LogP contribution in [0.2, 0.25) is 0 Å². The molecule has 0 aromatic carbocycles. The van der Waals surface area contributed by atoms with Crippen LogP contribution >= 0.6 is 0 Å². The molecule has 0 bridgehead atoms. The average Bonchev–Trinajstić information content (AvgIpc) is 3.41. The number of imidazole rings is 1. The summed E-state index contributed by atoms with van der Waals surface area (Å²) in [6.07, 6.45) is 9.31. The van der Waals surface area contributed by atoms with Crippen LogP contribution in [0, 0.1) is 5.82 Å². The Morgan fingerprint density at radius 3 is 2.36 bits per heavy atom. The zero-order valence-corrected chi connectivity index (χ0v) is 13.8. The number of pyridine rings is 1. The molecule has 2 fully saturated rings. The van der Waals surface area contributed by atoms with E-state index in [9.17, 15) is 4.39 Å². The molecule has 0 unspecified atom stereocenters. The minimum Gasteiger partial charge on any atom is -0.367 e. The third-order valence-electron chi connectivity index (χ3n) is 4.98. The topological polar surface area (TPSA) is 49.6 Å². The van der Waals surface area contributed by atoms with Crippen molar-refractivity contribution in [1.29, 1.82) is 0 Å². The van der Waals surface area contributed by atoms with Gasteiger partial charge >= 0.3 is 0 Å². The van der Waals surface area contributed by atoms with Gasteiger partial charge in [0, 0.05) is 44.5 Å². The number of piperazine rings is 1. The number of nitrogens with zero attached hydrogens (tertiary/aromatic N) is 6. The molecule has 4 heterocycles. The average molecular weight is 338 g/mol. The summed E-state index contributed by atoms with van der Waals surface area (Å²) in [7, 11) is 0. The quantitative estimate of drug-likeness (QED) is 0.734. The molecule has 0 radical (unpaired) electrons. The van der Waals surface area contributed by atoms with Gasteiger partial charge in [0.15, 0.2) is 5.82 Å². The first-order valence-corrected chi connectivity index (χ1v) is 8.72. The molecule has 1 saturated heterocycles. The van der Waals surface area contributed by atoms with E-state index in [1.54, 1.807) is 0 Å². The summed E-state index contributed by atoms with van der Waals surface area (Å²) in [5.41, 5.74) is 3.44. The highest BCUT2D eigenvalue weighted by molar-refractivity contribution is 5.54. The van der Waals surface area contributed by atoms with Crippen LogP contribution in [0.15, 0.2) is 36.9 Å². The van der Waals surface area contributed by atoms with Crippen molar-refractivity contribution in [3.8, 4) is 0 Å². The first-order chi connectivity index (χ1) is 12.3. The highest BCUT2D eigenvalue weighted by Gasteiger charge is 2.26. The van der Waals surface area contributed by atoms with Crippen LogP contribution in [0.3, 0.4) is 0 Å². The predicted molar refractivity (Wildman–Crippen MR) is 93.6 cm³/mol. The molecule has 25 heavy (non-hydrogen) atoms. The lowest BCUT2D eigenvalue weighted by atomic mass is 10.3. The van der Waals surface area contributed by atoms with E-state index in [2.05, 4.69) is 48.7 Å². The largest absolute Gasteiger partial charge is 0.367 e. The molecule has 3 aromatic heterocycles. The van der Waals surface area contributed by atoms with Crippen molar-refractivity contribution in [3.63, 3.8) is 0 Å². The van der Waals surface area contributed by atoms with Crippen molar-refractivity contribution in [2.45, 2.75) is 18.8 Å². The lowest BCUT2D eigenvalue weighted by Gasteiger charge is -2.36. The van der Waals surface area contributed by atoms with Crippen molar-refractivity contribution in [3.05, 3.63) is 48.4 Å². The Morgan fingerprint density at radius 1 is 0.920 bits per heavy atom. The van der Waals surface area contributed by atoms with Crippen molar-refractivity contribution in [2.24, 2.45) is 0 Å². The summed E-state index contributed by atoms with van der Waals surface area (Å²) >= 11 is 0. The summed E-state index contributed by atoms with van der Waals surface area (Å²) < 4.78 is 15.1. The van der Waals surface area contributed by atoms with Crippen molar-refractivity contribution in [2.75, 3.05) is 36.0 Å². The molecule has 0 spiro atoms. The minimum absolute atomic E-state index is 0.401. The number of halogens is 1. The van der Waals surface area contributed by atoms with Gasteiger partial charge < -0.3 is 14.2 Å². The van der Waals surface area contributed by atoms with Gasteiger partial charge in [-0.1, -0.05) is 0 Å². The summed E-state index contributed by atoms with van der Waals surface area (Å²) in [4.78, 5) is 17.3. The van der Waals surface area contributed by atoms with Gasteiger partial charge in [-0.05, 0) is 25.0 Å². The van der Waals surface area contributed by atoms with Gasteiger partial charge in [0.05, 0.1) is 23.8 Å². The SMILES string of the molecule is Fc1cnc(N2CCN(c3ccc4nc(C5CC5)cn4c3)CC2)nc1. The second-order valence-corrected chi connectivity index (χ2v) is 6.77. The van der Waals surface area contributed by atoms with E-state index in [4.69, 9.17) is 4.98 Å². The highest BCUT2D eigenvalue weighted by Crippen LogP contribution is 2.39. The zero-order valence-electron chi connectivity index (χ0n) is 13.8. The Balaban J connectivity index is 1.31. The lowest BCUT2D eigenvalue weighted by Crippen LogP contribution is -2.47. The fourth-order valence-electron chi connectivity index (χ4n) is 3.40. The third kappa shape index (κ3) is 2.79. The maximum atomic E-state index is 13.0. The second kappa shape index (κ2) is 5.68. The van der Waals surface area contributed by atoms with E-state index in [1.807, 2.05) is 0 Å². The van der Waals surface area contributed by atoms with Gasteiger partial charge in [0.25, 0.3) is 0 Å². The molecular formula is C18H19FN6. The number of anilines is 2. The summed E-state index contributed by atoms with van der Waals surface area (Å²) in [6.45, 7) is 3.41. The van der Waals surface area contributed by atoms with Gasteiger partial charge in [-0.15, -0.1) is 0 Å². The maximum absolute atomic E-state index is 13.0. The van der Waals surface area contributed by atoms with Gasteiger partial charge in [-0.3, -0.25) is 0 Å². The number of hydrogen-bond donors (Lipinski definition) is 0. The Bertz CT molecular complexity index is 894. The Labute approximate surface area is 144 Å². The van der Waals surface area contributed by atoms with E-state index < -0.39 is 5.82 Å². The fourth-order valence-corrected chi connectivity index (χ4v) is 3.40. The van der Waals surface area contributed by atoms with E-state index in [0.717, 1.165) is 31.8 Å². The molecule has 1 aliphatic carbocycles. The highest BCUT2D eigenvalue weighted by atomic mass is 19.1. The molecule has 1 aliphatic heterocycles. The molecule has 2 aliphatic rings. The van der Waals surface area contributed by atoms with Crippen molar-refractivity contribution in [1.82, 2.24) is 19.4 Å². The minimum atomic E-state index is -0.401. The second-order valence-electron chi connectivity index (χ2n) is 6.77. The van der Waals surface area contributed by atoms with Crippen molar-refractivity contribution >= 4 is 17.3 Å². The van der Waals surface area contributed by atoms with E-state index in [-0.39, 0.29) is 0 Å². The molecule has 3 aromatic rings. The van der Waals surface area contributed by atoms with Crippen LogP contribution < -0.4 is 9.80 Å². The number of rotatable bonds is 3. The summed E-state index contributed by atoms with van der Waals surface area (Å²) in [5.74, 6) is 0.865. The van der Waals surface area contributed by atoms with Gasteiger partial charge in [0.2, 0.25) is 5.95 Å². The van der Waals surface area contributed by atoms with Crippen LogP contribution in [0.25, 0.3) is 5.65 Å². The Kier molecular flexibility index (Phi) is 3.33. The van der Waals surface area contributed by atoms with Gasteiger partial charge in [-0.2, -0.15) is 0 Å². The maximum Gasteiger partial charge on any atom is 0.225 e. The van der Waals surface area contributed by atoms with E-state index in [1.165, 1.54) is 36.6 Å². The Hall–Kier alpha value is -2.70. The van der Waals surface area contributed by atoms with E-state index >= 15 is 0 Å². The number of hydrogen-bond acceptors (Lipinski definition) is 5. The van der Waals surface area contributed by atoms with Crippen molar-refractivity contribution < 1.29 is 4.39 Å². The predicted octanol–water partition coefficient (Wildman–Crippen LogP) is 2.47. The molecule has 1 saturated carbocycles. The number of aromatic nitrogens is 4. The molecule has 5 rings (SSSR count). The zero-order chi connectivity index (χ0) is 16.8. The Morgan fingerprint density at radius 2 is 1.64 bits per heavy atom. The van der Waals surface area contributed by atoms with Crippen LogP contribution in [0.5, 0.6) is 0 Å². The van der Waals surface area contributed by atoms with Crippen LogP contribution in [-0.4, -0.2) is 45.5 Å². The monoisotopic (exact) mass is 338 g/mol. The molecule has 0 N–H and O–H groups in total. The molecular weight excluding hydrogens is 319 g/mol. The molecule has 0 atom stereocenters. The van der Waals surface area contributed by atoms with Gasteiger partial charge in [0.1, 0.15) is 5.65 Å². The van der Waals surface area contributed by atoms with Crippen LogP contribution in [0.4, 0.5) is 16.0 Å². The molecule has 128 valence electrons. The first kappa shape index (κ1) is 14.6. The molecule has 7 heteroatoms. The fraction of sp³-hybridized carbons (Fsp3) is 0.389.